The molecule has 11 aromatic rings. The standard InChI is InChI=1S/C27H33ClFN3O4S.C16H15ClFNO3S.C11H12FNO2.C10H6FNO2.C10H12FNO.C10H8FN.C10H20N2.C7H4ClNO4.CH5BS/c28-21-6-10-25(11-7-21)37(34,35)32-24(9-5-20-4-8-22(29)18-26(20)32)19-36-27(33)31-16-12-23(13-17-31)30-14-2-1-3-15-30;17-12-3-7-15(8-4-12)23(21,22)19-14(10-20)6-2-11-1-5-13(18)9-16(11)19;1-15-11(14)9-5-3-7-2-4-8(12)6-10(7)13-9;11-7-3-1-6-2-4-8(10(13)14)12-9(6)5-7;11-8-3-1-7-2-4-9(6-13)12-10(7)5-8;1-7-2-3-8-4-5-9(11)6-10(8)12-7;1-2-8-12(9-3-1)10-4-6-11-7-5-10;8-7(10)13-6-3-1-5(2-4-6)9(11)12;1-2-3/h4,6-8,10-11,18,23-24H,1-3,5,9,12-17,19H2;1,3-5,7-9,14,20H,2,6,10H2;2,4,6,9,13H,3,5H2,1H3;1-5H,(H,13,14);1,3,5,9,12-13H,2,4,6H2;2-6H,1H3;10-11H,1-9H2;1-4H;2-3H,1H3/i;;;;13T;;;;2D. The summed E-state index contributed by atoms with van der Waals surface area (Å²) in [6.07, 6.45) is 17.6. The topological polar surface area (TPSA) is 346 Å². The van der Waals surface area contributed by atoms with E-state index in [-0.39, 0.29) is 93.5 Å². The molecule has 0 aliphatic carbocycles. The molecule has 4 fully saturated rings. The predicted octanol–water partition coefficient (Wildman–Crippen LogP) is 20.0. The molecule has 6 N–H and O–H groups in total. The third-order valence-electron chi connectivity index (χ3n) is 24.8. The zero-order valence-corrected chi connectivity index (χ0v) is 83.3. The summed E-state index contributed by atoms with van der Waals surface area (Å²) >= 11 is 20.3. The van der Waals surface area contributed by atoms with Crippen molar-refractivity contribution in [1.29, 1.82) is 2.77 Å². The van der Waals surface area contributed by atoms with Crippen molar-refractivity contribution in [3.8, 4) is 5.75 Å². The molecule has 4 atom stereocenters. The number of rotatable bonds is 15. The molecule has 758 valence electrons. The third kappa shape index (κ3) is 32.1. The molecule has 0 spiro atoms. The van der Waals surface area contributed by atoms with Crippen LogP contribution in [0.25, 0.3) is 21.8 Å². The summed E-state index contributed by atoms with van der Waals surface area (Å²) < 4.78 is 163. The van der Waals surface area contributed by atoms with E-state index < -0.39 is 72.0 Å². The molecule has 40 heteroatoms. The number of likely N-dealkylation sites (tertiary alicyclic amines) is 3. The molecule has 0 saturated carbocycles. The number of carbonyl (C=O) groups is 4. The first-order valence-corrected chi connectivity index (χ1v) is 51.2. The van der Waals surface area contributed by atoms with Gasteiger partial charge in [0.15, 0.2) is 6.52 Å². The molecule has 19 rings (SSSR count). The number of nitro groups is 1. The van der Waals surface area contributed by atoms with E-state index in [4.69, 9.17) is 47.4 Å². The number of aliphatic hydroxyl groups excluding tert-OH is 2. The lowest BCUT2D eigenvalue weighted by Gasteiger charge is -2.40. The van der Waals surface area contributed by atoms with Gasteiger partial charge in [0.05, 0.1) is 69.5 Å². The zero-order chi connectivity index (χ0) is 104. The number of thiol groups is 1. The summed E-state index contributed by atoms with van der Waals surface area (Å²) in [4.78, 5) is 69.8. The number of benzene rings is 9. The number of piperidine rings is 4. The van der Waals surface area contributed by atoms with Gasteiger partial charge in [0, 0.05) is 105 Å². The molecule has 0 bridgehead atoms. The van der Waals surface area contributed by atoms with E-state index >= 15 is 0 Å². The fraction of sp³-hybridized carbons (Fsp3) is 0.373. The minimum Gasteiger partial charge on any atom is -0.477 e. The summed E-state index contributed by atoms with van der Waals surface area (Å²) in [6, 6.07) is 49.8. The number of ether oxygens (including phenoxy) is 3. The number of hydrogen-bond donors (Lipinski definition) is 7. The number of aromatic nitrogens is 2. The molecule has 142 heavy (non-hydrogen) atoms. The van der Waals surface area contributed by atoms with Gasteiger partial charge in [-0.05, 0) is 318 Å². The van der Waals surface area contributed by atoms with Crippen molar-refractivity contribution in [3.63, 3.8) is 0 Å². The van der Waals surface area contributed by atoms with Crippen LogP contribution in [0.2, 0.25) is 16.9 Å². The van der Waals surface area contributed by atoms with Gasteiger partial charge in [0.1, 0.15) is 59.0 Å². The van der Waals surface area contributed by atoms with Crippen LogP contribution < -0.4 is 29.3 Å². The molecule has 4 unspecified atom stereocenters. The number of halogens is 9. The van der Waals surface area contributed by atoms with E-state index in [0.29, 0.717) is 79.1 Å². The number of anilines is 4. The highest BCUT2D eigenvalue weighted by Crippen LogP contribution is 2.40. The lowest BCUT2D eigenvalue weighted by atomic mass is 9.98. The number of nitrogens with zero attached hydrogens (tertiary/aromatic N) is 8. The van der Waals surface area contributed by atoms with Crippen molar-refractivity contribution in [2.24, 2.45) is 0 Å². The van der Waals surface area contributed by atoms with Crippen molar-refractivity contribution in [2.45, 2.75) is 175 Å². The lowest BCUT2D eigenvalue weighted by molar-refractivity contribution is -0.384. The summed E-state index contributed by atoms with van der Waals surface area (Å²) in [7, 11) is -6.62. The fourth-order valence-corrected chi connectivity index (χ4v) is 21.3. The van der Waals surface area contributed by atoms with Crippen LogP contribution in [0.3, 0.4) is 0 Å². The van der Waals surface area contributed by atoms with Crippen molar-refractivity contribution < 1.29 is 96.8 Å². The quantitative estimate of drug-likeness (QED) is 0.00953. The number of nitro benzene ring substituents is 1. The Morgan fingerprint density at radius 2 is 0.993 bits per heavy atom. The van der Waals surface area contributed by atoms with Gasteiger partial charge in [-0.25, -0.2) is 79.8 Å². The van der Waals surface area contributed by atoms with Gasteiger partial charge in [-0.15, -0.1) is 0 Å². The summed E-state index contributed by atoms with van der Waals surface area (Å²) in [5, 5.41) is 44.9. The normalized spacial score (nSPS) is 17.9. The molecule has 1 amide bonds. The fourth-order valence-electron chi connectivity index (χ4n) is 17.6. The Labute approximate surface area is 846 Å². The molecule has 4 saturated heterocycles. The Hall–Kier alpha value is -11.4. The number of amides is 1. The van der Waals surface area contributed by atoms with Crippen molar-refractivity contribution in [2.75, 3.05) is 98.5 Å². The number of carboxylic acid groups (broad SMARTS) is 1. The van der Waals surface area contributed by atoms with Crippen LogP contribution in [0, 0.1) is 51.9 Å². The van der Waals surface area contributed by atoms with Crippen LogP contribution in [0.1, 0.15) is 128 Å². The molecule has 10 heterocycles. The summed E-state index contributed by atoms with van der Waals surface area (Å²) in [5.74, 6) is -3.47. The zero-order valence-electron chi connectivity index (χ0n) is 80.5. The minimum atomic E-state index is -4.05. The minimum absolute atomic E-state index is 0.0464. The number of hydrogen-bond acceptors (Lipinski definition) is 23. The first-order chi connectivity index (χ1) is 69.0. The van der Waals surface area contributed by atoms with E-state index in [1.807, 2.05) is 19.1 Å². The molecular weight excluding hydrogens is 1960 g/mol. The Bertz CT molecular complexity index is 6330. The number of sulfonamides is 2. The second-order valence-electron chi connectivity index (χ2n) is 34.5. The van der Waals surface area contributed by atoms with Crippen LogP contribution in [0.15, 0.2) is 216 Å². The van der Waals surface area contributed by atoms with Gasteiger partial charge in [0.2, 0.25) is 1.43 Å². The largest absolute Gasteiger partial charge is 0.477 e. The number of pyridine rings is 2. The van der Waals surface area contributed by atoms with E-state index in [1.54, 1.807) is 54.2 Å². The smallest absolute Gasteiger partial charge is 0.409 e. The summed E-state index contributed by atoms with van der Waals surface area (Å²) in [5.41, 5.74) is 6.59. The Morgan fingerprint density at radius 1 is 0.556 bits per heavy atom. The third-order valence-corrected chi connectivity index (χ3v) is 29.2. The van der Waals surface area contributed by atoms with Crippen LogP contribution in [-0.4, -0.2) is 210 Å². The second-order valence-corrected chi connectivity index (χ2v) is 39.8. The van der Waals surface area contributed by atoms with Gasteiger partial charge in [0.25, 0.3) is 25.7 Å². The number of carbonyl (C=O) groups excluding carboxylic acids is 3. The second kappa shape index (κ2) is 54.4. The van der Waals surface area contributed by atoms with Gasteiger partial charge < -0.3 is 60.2 Å². The molecule has 9 aromatic carbocycles. The molecular formula is C102H115BCl3F6N11O16S3. The first kappa shape index (κ1) is 108. The van der Waals surface area contributed by atoms with E-state index in [1.165, 1.54) is 241 Å². The van der Waals surface area contributed by atoms with Crippen LogP contribution >= 0.6 is 47.3 Å². The number of methoxy groups -OCH3 is 1. The number of carboxylic acids is 1. The van der Waals surface area contributed by atoms with Crippen molar-refractivity contribution >= 4 is 148 Å². The highest BCUT2D eigenvalue weighted by Gasteiger charge is 2.40. The maximum atomic E-state index is 14.2. The highest BCUT2D eigenvalue weighted by molar-refractivity contribution is 8.06. The number of fused-ring (bicyclic) bond motifs is 6. The SMILES string of the molecule is C1CCN(C2CCNCC2)CC1.COC(=O)C1CCc2ccc(F)cc2N1.Cc1ccc2ccc(F)cc2n1.O=C(Cl)Oc1ccc([N+](=O)[O-])cc1.O=C(O)c1ccc2ccc(F)cc2n1.O=C(OCC1CCc2ccc(F)cc2N1S(=O)(=O)c1ccc(Cl)cc1)N1CCC(N2CCCCC2)CC1.O=S(=O)(c1ccc(Cl)cc1)N1c2cc(F)ccc2CCC1CO.[2H]B(C)S.[3H]OCC1CCc2ccc(F)cc2N1. The van der Waals surface area contributed by atoms with Crippen molar-refractivity contribution in [1.82, 2.24) is 30.0 Å². The van der Waals surface area contributed by atoms with Gasteiger partial charge >= 0.3 is 23.5 Å². The molecule has 0 radical (unpaired) electrons. The maximum absolute atomic E-state index is 14.2. The van der Waals surface area contributed by atoms with Gasteiger partial charge in [-0.1, -0.05) is 79.3 Å². The van der Waals surface area contributed by atoms with Gasteiger partial charge in [-0.2, -0.15) is 0 Å². The number of esters is 1. The van der Waals surface area contributed by atoms with Crippen LogP contribution in [0.5, 0.6) is 5.75 Å². The van der Waals surface area contributed by atoms with E-state index in [2.05, 4.69) is 62.8 Å². The van der Waals surface area contributed by atoms with Crippen LogP contribution in [0.4, 0.5) is 64.4 Å². The Kier molecular flexibility index (Phi) is 41.3. The molecule has 2 aromatic heterocycles. The molecule has 8 aliphatic heterocycles. The van der Waals surface area contributed by atoms with Crippen molar-refractivity contribution in [3.05, 3.63) is 295 Å². The Balaban J connectivity index is 0.000000162. The van der Waals surface area contributed by atoms with E-state index in [0.717, 1.165) is 105 Å². The number of nitrogens with one attached hydrogen (secondary N) is 3. The first-order valence-electron chi connectivity index (χ1n) is 47.6. The summed E-state index contributed by atoms with van der Waals surface area (Å²) in [6.45, 7) is 12.0. The monoisotopic (exact) mass is 2080 g/mol. The molecule has 8 aliphatic rings. The maximum Gasteiger partial charge on any atom is 0.409 e. The molecule has 27 nitrogen and oxygen atoms in total. The lowest BCUT2D eigenvalue weighted by Crippen LogP contribution is -2.50. The average molecular weight is 2080 g/mol. The van der Waals surface area contributed by atoms with Crippen LogP contribution in [-0.2, 0) is 60.0 Å². The van der Waals surface area contributed by atoms with Gasteiger partial charge in [-0.3, -0.25) is 23.7 Å². The number of aliphatic hydroxyl groups is 2. The number of aryl methyl sites for hydroxylation is 5. The number of non-ortho nitro benzene ring substituents is 1. The predicted molar refractivity (Wildman–Crippen MR) is 544 cm³/mol. The number of aromatic carboxylic acids is 1. The highest BCUT2D eigenvalue weighted by atomic mass is 35.5. The Morgan fingerprint density at radius 3 is 1.48 bits per heavy atom. The average Bonchev–Trinajstić information content (AvgIpc) is 0.747. The van der Waals surface area contributed by atoms with E-state index in [9.17, 15) is 77.6 Å².